The molecule has 2 fully saturated rings. The van der Waals surface area contributed by atoms with Crippen LogP contribution in [-0.2, 0) is 12.6 Å². The lowest BCUT2D eigenvalue weighted by atomic mass is 9.91. The van der Waals surface area contributed by atoms with Crippen molar-refractivity contribution in [3.63, 3.8) is 0 Å². The first-order valence-corrected chi connectivity index (χ1v) is 18.1. The molecule has 8 nitrogen and oxygen atoms in total. The summed E-state index contributed by atoms with van der Waals surface area (Å²) in [5.74, 6) is 0.520. The van der Waals surface area contributed by atoms with Crippen molar-refractivity contribution in [1.29, 1.82) is 5.41 Å². The van der Waals surface area contributed by atoms with Gasteiger partial charge in [0, 0.05) is 52.4 Å². The normalized spacial score (nSPS) is 18.9. The molecule has 262 valence electrons. The largest absolute Gasteiger partial charge is 0.416 e. The maximum atomic E-state index is 15.9. The number of halogens is 4. The lowest BCUT2D eigenvalue weighted by molar-refractivity contribution is -0.137. The number of hydrogen-bond acceptors (Lipinski definition) is 6. The molecule has 1 saturated carbocycles. The Kier molecular flexibility index (Phi) is 10.5. The van der Waals surface area contributed by atoms with E-state index in [1.165, 1.54) is 28.5 Å². The molecular formula is C36H43F4N7OS. The van der Waals surface area contributed by atoms with Gasteiger partial charge in [-0.2, -0.15) is 18.2 Å². The first kappa shape index (κ1) is 35.2. The van der Waals surface area contributed by atoms with E-state index in [0.717, 1.165) is 51.0 Å². The standard InChI is InChI=1S/C36H43F4N7OS/c1-20(41)43-12-11-26-6-4-8-30(44-26)33-28(37)17-27(18-32(33)49-2)47-19-24-16-31(45-34(24)46-35(47)48)23-13-21(14-25(15-23)36(38,39)40)5-3-7-29(42)22-9-10-22/h13-19,22,26,29-30,44H,3-12,42H2,1-2H3,(H2,41,43)(H,45,46,48)/t26-,29+,30-/m0/s1. The summed E-state index contributed by atoms with van der Waals surface area (Å²) < 4.78 is 59.0. The lowest BCUT2D eigenvalue weighted by Crippen LogP contribution is -2.39. The molecule has 6 rings (SSSR count). The number of thioether (sulfide) groups is 1. The van der Waals surface area contributed by atoms with Gasteiger partial charge in [0.25, 0.3) is 0 Å². The number of fused-ring (bicyclic) bond motifs is 1. The van der Waals surface area contributed by atoms with Crippen LogP contribution in [0, 0.1) is 17.1 Å². The molecule has 1 saturated heterocycles. The second-order valence-electron chi connectivity index (χ2n) is 13.4. The van der Waals surface area contributed by atoms with Crippen LogP contribution in [0.5, 0.6) is 0 Å². The number of alkyl halides is 3. The Labute approximate surface area is 287 Å². The van der Waals surface area contributed by atoms with Gasteiger partial charge in [0.05, 0.1) is 17.1 Å². The molecule has 49 heavy (non-hydrogen) atoms. The maximum absolute atomic E-state index is 15.9. The molecule has 2 aromatic heterocycles. The second-order valence-corrected chi connectivity index (χ2v) is 14.3. The number of H-pyrrole nitrogens is 1. The van der Waals surface area contributed by atoms with E-state index >= 15 is 4.39 Å². The number of aromatic amines is 1. The van der Waals surface area contributed by atoms with Crippen LogP contribution < -0.4 is 22.1 Å². The molecule has 4 aromatic rings. The van der Waals surface area contributed by atoms with Crippen molar-refractivity contribution in [3.8, 4) is 16.9 Å². The molecule has 1 aliphatic heterocycles. The van der Waals surface area contributed by atoms with Crippen molar-refractivity contribution in [3.05, 3.63) is 75.6 Å². The quantitative estimate of drug-likeness (QED) is 0.0453. The molecule has 3 heterocycles. The van der Waals surface area contributed by atoms with Gasteiger partial charge in [0.15, 0.2) is 0 Å². The van der Waals surface area contributed by atoms with Crippen LogP contribution in [-0.4, -0.2) is 45.3 Å². The molecule has 2 aromatic carbocycles. The topological polar surface area (TPSA) is 125 Å². The Morgan fingerprint density at radius 3 is 2.67 bits per heavy atom. The van der Waals surface area contributed by atoms with E-state index in [9.17, 15) is 18.0 Å². The summed E-state index contributed by atoms with van der Waals surface area (Å²) in [6.45, 7) is 2.37. The zero-order valence-electron chi connectivity index (χ0n) is 27.7. The summed E-state index contributed by atoms with van der Waals surface area (Å²) in [6, 6.07) is 8.92. The first-order chi connectivity index (χ1) is 23.4. The van der Waals surface area contributed by atoms with Crippen molar-refractivity contribution in [2.75, 3.05) is 12.8 Å². The summed E-state index contributed by atoms with van der Waals surface area (Å²) in [5.41, 5.74) is 7.26. The Morgan fingerprint density at radius 1 is 1.16 bits per heavy atom. The van der Waals surface area contributed by atoms with Crippen LogP contribution in [0.25, 0.3) is 28.0 Å². The number of aryl methyl sites for hydroxylation is 1. The van der Waals surface area contributed by atoms with Crippen molar-refractivity contribution < 1.29 is 17.6 Å². The van der Waals surface area contributed by atoms with Crippen LogP contribution in [0.4, 0.5) is 17.6 Å². The SMILES string of the molecule is CSc1cc(-n2cc3cc(-c4cc(CCC[C@@H](N)C5CC5)cc(C(F)(F)F)c4)[nH]c3nc2=O)cc(F)c1[C@@H]1CCC[C@@H](CCNC(C)=N)N1. The Bertz CT molecular complexity index is 1880. The van der Waals surface area contributed by atoms with Gasteiger partial charge in [0.1, 0.15) is 11.5 Å². The molecule has 0 amide bonds. The highest BCUT2D eigenvalue weighted by molar-refractivity contribution is 7.98. The van der Waals surface area contributed by atoms with Gasteiger partial charge in [0.2, 0.25) is 0 Å². The number of amidine groups is 1. The number of rotatable bonds is 12. The van der Waals surface area contributed by atoms with Crippen LogP contribution in [0.2, 0.25) is 0 Å². The van der Waals surface area contributed by atoms with E-state index in [4.69, 9.17) is 11.1 Å². The smallest absolute Gasteiger partial charge is 0.374 e. The van der Waals surface area contributed by atoms with Crippen LogP contribution in [0.3, 0.4) is 0 Å². The summed E-state index contributed by atoms with van der Waals surface area (Å²) in [5, 5.41) is 14.7. The fourth-order valence-corrected chi connectivity index (χ4v) is 7.62. The van der Waals surface area contributed by atoms with Crippen molar-refractivity contribution in [2.45, 2.75) is 93.9 Å². The van der Waals surface area contributed by atoms with E-state index < -0.39 is 23.2 Å². The summed E-state index contributed by atoms with van der Waals surface area (Å²) in [6.07, 6.45) is 6.57. The Balaban J connectivity index is 1.27. The fraction of sp³-hybridized carbons (Fsp3) is 0.472. The van der Waals surface area contributed by atoms with Crippen molar-refractivity contribution in [2.24, 2.45) is 11.7 Å². The minimum absolute atomic E-state index is 0.0851. The highest BCUT2D eigenvalue weighted by Crippen LogP contribution is 2.38. The van der Waals surface area contributed by atoms with E-state index in [0.29, 0.717) is 69.5 Å². The predicted octanol–water partition coefficient (Wildman–Crippen LogP) is 7.48. The van der Waals surface area contributed by atoms with Crippen molar-refractivity contribution >= 4 is 28.6 Å². The van der Waals surface area contributed by atoms with E-state index in [2.05, 4.69) is 20.6 Å². The number of nitrogens with zero attached hydrogens (tertiary/aromatic N) is 2. The lowest BCUT2D eigenvalue weighted by Gasteiger charge is -2.33. The molecule has 0 radical (unpaired) electrons. The average Bonchev–Trinajstić information content (AvgIpc) is 3.83. The molecule has 2 aliphatic rings. The number of piperidine rings is 1. The zero-order valence-corrected chi connectivity index (χ0v) is 28.5. The third-order valence-corrected chi connectivity index (χ3v) is 10.4. The number of hydrogen-bond donors (Lipinski definition) is 5. The number of benzene rings is 2. The fourth-order valence-electron chi connectivity index (χ4n) is 6.93. The van der Waals surface area contributed by atoms with E-state index in [1.807, 2.05) is 6.26 Å². The van der Waals surface area contributed by atoms with Gasteiger partial charge in [-0.3, -0.25) is 9.98 Å². The predicted molar refractivity (Wildman–Crippen MR) is 187 cm³/mol. The highest BCUT2D eigenvalue weighted by Gasteiger charge is 2.32. The number of aromatic nitrogens is 3. The summed E-state index contributed by atoms with van der Waals surface area (Å²) in [4.78, 5) is 21.2. The van der Waals surface area contributed by atoms with Crippen LogP contribution in [0.15, 0.2) is 52.3 Å². The van der Waals surface area contributed by atoms with Gasteiger partial charge in [-0.25, -0.2) is 9.18 Å². The molecule has 1 aliphatic carbocycles. The molecule has 13 heteroatoms. The van der Waals surface area contributed by atoms with Gasteiger partial charge in [-0.15, -0.1) is 11.8 Å². The van der Waals surface area contributed by atoms with Gasteiger partial charge in [-0.1, -0.05) is 6.42 Å². The third kappa shape index (κ3) is 8.38. The molecule has 3 atom stereocenters. The monoisotopic (exact) mass is 697 g/mol. The maximum Gasteiger partial charge on any atom is 0.416 e. The molecular weight excluding hydrogens is 655 g/mol. The zero-order chi connectivity index (χ0) is 34.9. The van der Waals surface area contributed by atoms with E-state index in [1.54, 1.807) is 31.3 Å². The average molecular weight is 698 g/mol. The van der Waals surface area contributed by atoms with Crippen molar-refractivity contribution in [1.82, 2.24) is 25.2 Å². The first-order valence-electron chi connectivity index (χ1n) is 16.9. The second kappa shape index (κ2) is 14.7. The van der Waals surface area contributed by atoms with Gasteiger partial charge < -0.3 is 21.4 Å². The Hall–Kier alpha value is -3.68. The molecule has 0 unspecified atom stereocenters. The minimum atomic E-state index is -4.53. The minimum Gasteiger partial charge on any atom is -0.374 e. The molecule has 0 bridgehead atoms. The van der Waals surface area contributed by atoms with Gasteiger partial charge >= 0.3 is 11.9 Å². The third-order valence-electron chi connectivity index (χ3n) is 9.66. The van der Waals surface area contributed by atoms with E-state index in [-0.39, 0.29) is 23.8 Å². The summed E-state index contributed by atoms with van der Waals surface area (Å²) >= 11 is 1.40. The summed E-state index contributed by atoms with van der Waals surface area (Å²) in [7, 11) is 0. The van der Waals surface area contributed by atoms with Crippen LogP contribution in [0.1, 0.15) is 81.0 Å². The Morgan fingerprint density at radius 2 is 1.96 bits per heavy atom. The van der Waals surface area contributed by atoms with Gasteiger partial charge in [-0.05, 0) is 118 Å². The molecule has 6 N–H and O–H groups in total. The number of nitrogens with one attached hydrogen (secondary N) is 4. The van der Waals surface area contributed by atoms with Crippen LogP contribution >= 0.6 is 11.8 Å². The highest BCUT2D eigenvalue weighted by atomic mass is 32.2. The molecule has 0 spiro atoms. The number of nitrogens with two attached hydrogens (primary N) is 1.